The van der Waals surface area contributed by atoms with Gasteiger partial charge < -0.3 is 4.74 Å². The second-order valence-electron chi connectivity index (χ2n) is 5.74. The number of nitrogens with one attached hydrogen (secondary N) is 1. The summed E-state index contributed by atoms with van der Waals surface area (Å²) in [4.78, 5) is 18.8. The predicted octanol–water partition coefficient (Wildman–Crippen LogP) is 4.51. The summed E-state index contributed by atoms with van der Waals surface area (Å²) >= 11 is 1.41. The number of methoxy groups -OCH3 is 1. The summed E-state index contributed by atoms with van der Waals surface area (Å²) in [6, 6.07) is 14.6. The summed E-state index contributed by atoms with van der Waals surface area (Å²) < 4.78 is 17.4. The van der Waals surface area contributed by atoms with Crippen LogP contribution < -0.4 is 10.1 Å². The van der Waals surface area contributed by atoms with E-state index in [1.165, 1.54) is 11.3 Å². The molecule has 1 N–H and O–H groups in total. The third-order valence-corrected chi connectivity index (χ3v) is 6.28. The number of thiazole rings is 1. The number of anilines is 1. The average molecular weight is 401 g/mol. The number of benzene rings is 2. The van der Waals surface area contributed by atoms with Crippen LogP contribution in [0.4, 0.5) is 5.13 Å². The highest BCUT2D eigenvalue weighted by Crippen LogP contribution is 2.31. The van der Waals surface area contributed by atoms with Gasteiger partial charge in [0.05, 0.1) is 34.1 Å². The van der Waals surface area contributed by atoms with Gasteiger partial charge in [-0.05, 0) is 43.3 Å². The van der Waals surface area contributed by atoms with E-state index in [9.17, 15) is 9.00 Å². The molecule has 1 unspecified atom stereocenters. The summed E-state index contributed by atoms with van der Waals surface area (Å²) in [6.07, 6.45) is 0. The Hall–Kier alpha value is -2.51. The molecule has 0 saturated heterocycles. The molecule has 0 aliphatic carbocycles. The van der Waals surface area contributed by atoms with E-state index in [4.69, 9.17) is 4.74 Å². The van der Waals surface area contributed by atoms with Gasteiger partial charge in [-0.25, -0.2) is 4.98 Å². The fourth-order valence-corrected chi connectivity index (χ4v) is 4.42. The molecule has 1 heterocycles. The van der Waals surface area contributed by atoms with Crippen LogP contribution in [0.1, 0.15) is 22.2 Å². The number of ether oxygens (including phenoxy) is 1. The lowest BCUT2D eigenvalue weighted by Gasteiger charge is -2.07. The monoisotopic (exact) mass is 400 g/mol. The molecule has 27 heavy (non-hydrogen) atoms. The Morgan fingerprint density at radius 2 is 1.89 bits per heavy atom. The van der Waals surface area contributed by atoms with Gasteiger partial charge in [-0.1, -0.05) is 19.1 Å². The van der Waals surface area contributed by atoms with E-state index >= 15 is 0 Å². The molecule has 1 aromatic heterocycles. The first-order valence-electron chi connectivity index (χ1n) is 8.44. The summed E-state index contributed by atoms with van der Waals surface area (Å²) in [5.41, 5.74) is 2.19. The van der Waals surface area contributed by atoms with E-state index in [0.717, 1.165) is 21.9 Å². The van der Waals surface area contributed by atoms with E-state index in [0.29, 0.717) is 21.3 Å². The van der Waals surface area contributed by atoms with Crippen molar-refractivity contribution in [3.63, 3.8) is 0 Å². The van der Waals surface area contributed by atoms with E-state index < -0.39 is 10.8 Å². The quantitative estimate of drug-likeness (QED) is 0.661. The van der Waals surface area contributed by atoms with Crippen molar-refractivity contribution in [3.05, 3.63) is 59.0 Å². The fourth-order valence-electron chi connectivity index (χ4n) is 2.64. The molecular formula is C20H20N2O3S2. The number of hydrogen-bond acceptors (Lipinski definition) is 5. The maximum atomic E-state index is 12.7. The summed E-state index contributed by atoms with van der Waals surface area (Å²) in [6.45, 7) is 3.79. The fraction of sp³-hybridized carbons (Fsp3) is 0.200. The molecule has 0 saturated carbocycles. The second kappa shape index (κ2) is 8.45. The zero-order valence-corrected chi connectivity index (χ0v) is 16.9. The number of carbonyl (C=O) groups excluding carboxylic acids is 1. The molecule has 0 aliphatic heterocycles. The maximum Gasteiger partial charge on any atom is 0.258 e. The Morgan fingerprint density at radius 1 is 1.19 bits per heavy atom. The third-order valence-electron chi connectivity index (χ3n) is 4.02. The smallest absolute Gasteiger partial charge is 0.258 e. The summed E-state index contributed by atoms with van der Waals surface area (Å²) in [5, 5.41) is 3.35. The first-order chi connectivity index (χ1) is 13.0. The van der Waals surface area contributed by atoms with Crippen LogP contribution in [-0.4, -0.2) is 28.0 Å². The Morgan fingerprint density at radius 3 is 2.56 bits per heavy atom. The molecule has 140 valence electrons. The number of aromatic nitrogens is 1. The highest BCUT2D eigenvalue weighted by atomic mass is 32.2. The van der Waals surface area contributed by atoms with Crippen LogP contribution in [0.15, 0.2) is 53.4 Å². The lowest BCUT2D eigenvalue weighted by molar-refractivity contribution is 0.102. The van der Waals surface area contributed by atoms with Gasteiger partial charge in [-0.15, -0.1) is 11.3 Å². The number of nitrogens with zero attached hydrogens (tertiary/aromatic N) is 1. The first-order valence-corrected chi connectivity index (χ1v) is 10.6. The SMILES string of the molecule is CCS(=O)c1ccccc1C(=O)Nc1nc(-c2ccc(OC)cc2)c(C)s1. The Balaban J connectivity index is 1.85. The van der Waals surface area contributed by atoms with Crippen molar-refractivity contribution in [3.8, 4) is 17.0 Å². The molecule has 0 radical (unpaired) electrons. The van der Waals surface area contributed by atoms with Crippen molar-refractivity contribution in [2.45, 2.75) is 18.7 Å². The van der Waals surface area contributed by atoms with Crippen LogP contribution in [-0.2, 0) is 10.8 Å². The lowest BCUT2D eigenvalue weighted by atomic mass is 10.1. The summed E-state index contributed by atoms with van der Waals surface area (Å²) in [5.74, 6) is 0.936. The van der Waals surface area contributed by atoms with Crippen LogP contribution in [0.5, 0.6) is 5.75 Å². The number of rotatable bonds is 6. The number of amides is 1. The molecule has 0 aliphatic rings. The highest BCUT2D eigenvalue weighted by molar-refractivity contribution is 7.85. The zero-order chi connectivity index (χ0) is 19.4. The van der Waals surface area contributed by atoms with Gasteiger partial charge in [-0.3, -0.25) is 14.3 Å². The van der Waals surface area contributed by atoms with Gasteiger partial charge in [0.2, 0.25) is 0 Å². The zero-order valence-electron chi connectivity index (χ0n) is 15.3. The number of hydrogen-bond donors (Lipinski definition) is 1. The minimum Gasteiger partial charge on any atom is -0.497 e. The maximum absolute atomic E-state index is 12.7. The van der Waals surface area contributed by atoms with Crippen LogP contribution in [0.25, 0.3) is 11.3 Å². The van der Waals surface area contributed by atoms with E-state index in [1.54, 1.807) is 31.4 Å². The van der Waals surface area contributed by atoms with Crippen molar-refractivity contribution in [1.29, 1.82) is 0 Å². The third kappa shape index (κ3) is 4.26. The van der Waals surface area contributed by atoms with E-state index in [1.807, 2.05) is 38.1 Å². The molecular weight excluding hydrogens is 380 g/mol. The molecule has 5 nitrogen and oxygen atoms in total. The minimum absolute atomic E-state index is 0.303. The second-order valence-corrected chi connectivity index (χ2v) is 8.65. The molecule has 0 fully saturated rings. The van der Waals surface area contributed by atoms with Gasteiger partial charge in [0, 0.05) is 16.2 Å². The van der Waals surface area contributed by atoms with Gasteiger partial charge >= 0.3 is 0 Å². The molecule has 3 rings (SSSR count). The Bertz CT molecular complexity index is 981. The molecule has 3 aromatic rings. The van der Waals surface area contributed by atoms with Gasteiger partial charge in [0.15, 0.2) is 5.13 Å². The molecule has 1 amide bonds. The highest BCUT2D eigenvalue weighted by Gasteiger charge is 2.17. The normalized spacial score (nSPS) is 11.8. The first kappa shape index (κ1) is 19.3. The predicted molar refractivity (Wildman–Crippen MR) is 110 cm³/mol. The molecule has 0 bridgehead atoms. The molecule has 1 atom stereocenters. The standard InChI is InChI=1S/C20H20N2O3S2/c1-4-27(24)17-8-6-5-7-16(17)19(23)22-20-21-18(13(2)26-20)14-9-11-15(25-3)12-10-14/h5-12H,4H2,1-3H3,(H,21,22,23). The van der Waals surface area contributed by atoms with Crippen LogP contribution in [0.2, 0.25) is 0 Å². The molecule has 7 heteroatoms. The Labute approximate surface area is 164 Å². The topological polar surface area (TPSA) is 68.3 Å². The van der Waals surface area contributed by atoms with Crippen LogP contribution >= 0.6 is 11.3 Å². The number of aryl methyl sites for hydroxylation is 1. The van der Waals surface area contributed by atoms with E-state index in [-0.39, 0.29) is 5.91 Å². The van der Waals surface area contributed by atoms with E-state index in [2.05, 4.69) is 10.3 Å². The van der Waals surface area contributed by atoms with Crippen molar-refractivity contribution >= 4 is 33.2 Å². The largest absolute Gasteiger partial charge is 0.497 e. The lowest BCUT2D eigenvalue weighted by Crippen LogP contribution is -2.15. The van der Waals surface area contributed by atoms with Crippen LogP contribution in [0, 0.1) is 6.92 Å². The molecule has 0 spiro atoms. The number of carbonyl (C=O) groups is 1. The van der Waals surface area contributed by atoms with Gasteiger partial charge in [0.25, 0.3) is 5.91 Å². The van der Waals surface area contributed by atoms with Crippen molar-refractivity contribution in [2.24, 2.45) is 0 Å². The van der Waals surface area contributed by atoms with Crippen molar-refractivity contribution < 1.29 is 13.7 Å². The van der Waals surface area contributed by atoms with Gasteiger partial charge in [-0.2, -0.15) is 0 Å². The minimum atomic E-state index is -1.20. The van der Waals surface area contributed by atoms with Crippen LogP contribution in [0.3, 0.4) is 0 Å². The van der Waals surface area contributed by atoms with Crippen molar-refractivity contribution in [1.82, 2.24) is 4.98 Å². The average Bonchev–Trinajstić information content (AvgIpc) is 3.07. The van der Waals surface area contributed by atoms with Crippen molar-refractivity contribution in [2.75, 3.05) is 18.2 Å². The Kier molecular flexibility index (Phi) is 6.03. The molecule has 2 aromatic carbocycles. The van der Waals surface area contributed by atoms with Gasteiger partial charge in [0.1, 0.15) is 5.75 Å². The summed E-state index contributed by atoms with van der Waals surface area (Å²) in [7, 11) is 0.423.